The first-order valence-electron chi connectivity index (χ1n) is 16.3. The summed E-state index contributed by atoms with van der Waals surface area (Å²) < 4.78 is 66.6. The molecule has 274 valence electrons. The van der Waals surface area contributed by atoms with Crippen LogP contribution in [0.25, 0.3) is 0 Å². The number of aromatic nitrogens is 5. The molecule has 5 heterocycles. The van der Waals surface area contributed by atoms with E-state index in [1.165, 1.54) is 19.4 Å². The highest BCUT2D eigenvalue weighted by molar-refractivity contribution is 7.92. The zero-order valence-electron chi connectivity index (χ0n) is 28.3. The van der Waals surface area contributed by atoms with E-state index in [1.807, 2.05) is 24.3 Å². The summed E-state index contributed by atoms with van der Waals surface area (Å²) in [7, 11) is -2.43. The average molecular weight is 740 g/mol. The number of piperazine rings is 1. The van der Waals surface area contributed by atoms with Gasteiger partial charge in [-0.05, 0) is 48.4 Å². The van der Waals surface area contributed by atoms with Crippen molar-refractivity contribution >= 4 is 50.8 Å². The van der Waals surface area contributed by atoms with E-state index in [9.17, 15) is 31.2 Å². The summed E-state index contributed by atoms with van der Waals surface area (Å²) in [5, 5.41) is 7.96. The van der Waals surface area contributed by atoms with Gasteiger partial charge in [0.05, 0.1) is 24.4 Å². The lowest BCUT2D eigenvalue weighted by molar-refractivity contribution is -0.137. The molecule has 1 atom stereocenters. The van der Waals surface area contributed by atoms with E-state index in [-0.39, 0.29) is 35.8 Å². The topological polar surface area (TPSA) is 179 Å². The second kappa shape index (κ2) is 15.0. The van der Waals surface area contributed by atoms with Gasteiger partial charge in [-0.15, -0.1) is 0 Å². The number of nitrogens with one attached hydrogen (secondary N) is 3. The molecule has 0 radical (unpaired) electrons. The Kier molecular flexibility index (Phi) is 10.5. The van der Waals surface area contributed by atoms with Crippen LogP contribution in [-0.4, -0.2) is 89.5 Å². The quantitative estimate of drug-likeness (QED) is 0.191. The first-order chi connectivity index (χ1) is 24.7. The SMILES string of the molecule is CN(c1nccnc1CNc1nc(Nc2ccc(N3CCN(Cc4ccnc(C5CCC(=O)NC5=O)c4)CC3)cc2)ncc1C(F)(F)F)S(C)(=O)=O. The third kappa shape index (κ3) is 8.71. The van der Waals surface area contributed by atoms with E-state index in [4.69, 9.17) is 0 Å². The number of sulfonamides is 1. The van der Waals surface area contributed by atoms with Crippen molar-refractivity contribution < 1.29 is 31.2 Å². The number of halogens is 3. The fraction of sp³-hybridized carbons (Fsp3) is 0.364. The molecule has 0 spiro atoms. The van der Waals surface area contributed by atoms with Crippen LogP contribution in [0.5, 0.6) is 0 Å². The van der Waals surface area contributed by atoms with Crippen molar-refractivity contribution in [2.75, 3.05) is 59.3 Å². The zero-order chi connectivity index (χ0) is 37.0. The molecule has 52 heavy (non-hydrogen) atoms. The monoisotopic (exact) mass is 739 g/mol. The van der Waals surface area contributed by atoms with Crippen LogP contribution in [0.4, 0.5) is 42.1 Å². The van der Waals surface area contributed by atoms with Crippen LogP contribution >= 0.6 is 0 Å². The highest BCUT2D eigenvalue weighted by atomic mass is 32.2. The molecule has 3 aromatic heterocycles. The molecule has 1 unspecified atom stereocenters. The molecule has 4 aromatic rings. The van der Waals surface area contributed by atoms with Gasteiger partial charge in [-0.1, -0.05) is 0 Å². The number of hydrogen-bond acceptors (Lipinski definition) is 13. The Labute approximate surface area is 297 Å². The number of amides is 2. The molecular formula is C33H36F3N11O4S. The summed E-state index contributed by atoms with van der Waals surface area (Å²) >= 11 is 0. The van der Waals surface area contributed by atoms with Crippen LogP contribution in [0.3, 0.4) is 0 Å². The molecule has 2 saturated heterocycles. The number of benzene rings is 1. The molecular weight excluding hydrogens is 703 g/mol. The number of rotatable bonds is 11. The van der Waals surface area contributed by atoms with Gasteiger partial charge in [0, 0.05) is 82.4 Å². The van der Waals surface area contributed by atoms with E-state index in [2.05, 4.69) is 50.7 Å². The number of anilines is 5. The van der Waals surface area contributed by atoms with E-state index >= 15 is 0 Å². The Morgan fingerprint density at radius 2 is 1.71 bits per heavy atom. The van der Waals surface area contributed by atoms with Gasteiger partial charge in [-0.25, -0.2) is 18.4 Å². The maximum absolute atomic E-state index is 13.9. The Balaban J connectivity index is 1.06. The number of carbonyl (C=O) groups excluding carboxylic acids is 2. The van der Waals surface area contributed by atoms with Gasteiger partial charge >= 0.3 is 6.18 Å². The highest BCUT2D eigenvalue weighted by Crippen LogP contribution is 2.35. The normalized spacial score (nSPS) is 17.1. The first kappa shape index (κ1) is 36.4. The molecule has 2 fully saturated rings. The lowest BCUT2D eigenvalue weighted by Gasteiger charge is -2.36. The summed E-state index contributed by atoms with van der Waals surface area (Å²) in [4.78, 5) is 48.9. The number of pyridine rings is 1. The Bertz CT molecular complexity index is 2040. The number of hydrogen-bond donors (Lipinski definition) is 3. The van der Waals surface area contributed by atoms with Crippen LogP contribution < -0.4 is 25.2 Å². The summed E-state index contributed by atoms with van der Waals surface area (Å²) in [5.74, 6) is -1.63. The van der Waals surface area contributed by atoms with Crippen LogP contribution in [-0.2, 0) is 38.9 Å². The molecule has 2 aliphatic heterocycles. The van der Waals surface area contributed by atoms with Crippen LogP contribution in [0.1, 0.15) is 41.3 Å². The summed E-state index contributed by atoms with van der Waals surface area (Å²) in [5.41, 5.74) is 2.24. The molecule has 3 N–H and O–H groups in total. The van der Waals surface area contributed by atoms with Crippen LogP contribution in [0.2, 0.25) is 0 Å². The van der Waals surface area contributed by atoms with Crippen molar-refractivity contribution in [3.63, 3.8) is 0 Å². The number of nitrogens with zero attached hydrogens (tertiary/aromatic N) is 8. The molecule has 0 saturated carbocycles. The van der Waals surface area contributed by atoms with E-state index in [0.29, 0.717) is 37.0 Å². The van der Waals surface area contributed by atoms with Crippen LogP contribution in [0, 0.1) is 0 Å². The number of carbonyl (C=O) groups is 2. The lowest BCUT2D eigenvalue weighted by atomic mass is 9.93. The molecule has 0 aliphatic carbocycles. The fourth-order valence-corrected chi connectivity index (χ4v) is 6.39. The van der Waals surface area contributed by atoms with E-state index < -0.39 is 33.5 Å². The van der Waals surface area contributed by atoms with Crippen molar-refractivity contribution in [2.24, 2.45) is 0 Å². The number of piperidine rings is 1. The van der Waals surface area contributed by atoms with Gasteiger partial charge in [0.25, 0.3) is 0 Å². The predicted molar refractivity (Wildman–Crippen MR) is 186 cm³/mol. The van der Waals surface area contributed by atoms with Gasteiger partial charge in [0.15, 0.2) is 5.82 Å². The predicted octanol–water partition coefficient (Wildman–Crippen LogP) is 3.27. The molecule has 2 amide bonds. The van der Waals surface area contributed by atoms with Gasteiger partial charge < -0.3 is 15.5 Å². The Hall–Kier alpha value is -5.43. The van der Waals surface area contributed by atoms with Crippen molar-refractivity contribution in [1.29, 1.82) is 0 Å². The summed E-state index contributed by atoms with van der Waals surface area (Å²) in [6.07, 6.45) is 1.92. The standard InChI is InChI=1S/C33H36F3N11O4S/c1-45(52(2,50)51)30-27(38-11-12-39-30)19-40-29-25(33(34,35)36)18-41-32(44-29)42-22-3-5-23(6-4-22)47-15-13-46(14-16-47)20-21-9-10-37-26(17-21)24-7-8-28(48)43-31(24)49/h3-6,9-12,17-18,24H,7-8,13-16,19-20H2,1-2H3,(H,43,48,49)(H2,40,41,42,44). The molecule has 1 aromatic carbocycles. The summed E-state index contributed by atoms with van der Waals surface area (Å²) in [6, 6.07) is 11.3. The summed E-state index contributed by atoms with van der Waals surface area (Å²) in [6.45, 7) is 3.53. The number of alkyl halides is 3. The van der Waals surface area contributed by atoms with Crippen molar-refractivity contribution in [2.45, 2.75) is 38.0 Å². The van der Waals surface area contributed by atoms with Gasteiger partial charge in [0.2, 0.25) is 27.8 Å². The largest absolute Gasteiger partial charge is 0.421 e. The minimum Gasteiger partial charge on any atom is -0.369 e. The lowest BCUT2D eigenvalue weighted by Crippen LogP contribution is -2.46. The third-order valence-electron chi connectivity index (χ3n) is 8.77. The maximum Gasteiger partial charge on any atom is 0.421 e. The Morgan fingerprint density at radius 1 is 0.981 bits per heavy atom. The van der Waals surface area contributed by atoms with E-state index in [1.54, 1.807) is 18.3 Å². The Morgan fingerprint density at radius 3 is 2.40 bits per heavy atom. The molecule has 0 bridgehead atoms. The molecule has 2 aliphatic rings. The zero-order valence-corrected chi connectivity index (χ0v) is 29.1. The third-order valence-corrected chi connectivity index (χ3v) is 9.94. The second-order valence-corrected chi connectivity index (χ2v) is 14.4. The highest BCUT2D eigenvalue weighted by Gasteiger charge is 2.35. The maximum atomic E-state index is 13.9. The van der Waals surface area contributed by atoms with Crippen molar-refractivity contribution in [3.05, 3.63) is 83.7 Å². The van der Waals surface area contributed by atoms with Crippen LogP contribution in [0.15, 0.2) is 61.2 Å². The second-order valence-electron chi connectivity index (χ2n) is 12.4. The molecule has 6 rings (SSSR count). The van der Waals surface area contributed by atoms with Gasteiger partial charge in [-0.3, -0.25) is 34.1 Å². The first-order valence-corrected chi connectivity index (χ1v) is 18.1. The van der Waals surface area contributed by atoms with E-state index in [0.717, 1.165) is 48.0 Å². The van der Waals surface area contributed by atoms with Crippen molar-refractivity contribution in [1.82, 2.24) is 35.1 Å². The minimum absolute atomic E-state index is 0.0330. The minimum atomic E-state index is -4.77. The molecule has 15 nitrogen and oxygen atoms in total. The van der Waals surface area contributed by atoms with Gasteiger partial charge in [-0.2, -0.15) is 18.2 Å². The fourth-order valence-electron chi connectivity index (χ4n) is 5.92. The smallest absolute Gasteiger partial charge is 0.369 e. The number of imide groups is 1. The van der Waals surface area contributed by atoms with Crippen molar-refractivity contribution in [3.8, 4) is 0 Å². The molecule has 19 heteroatoms. The van der Waals surface area contributed by atoms with Gasteiger partial charge in [0.1, 0.15) is 17.1 Å². The average Bonchev–Trinajstić information content (AvgIpc) is 3.10.